The Morgan fingerprint density at radius 3 is 2.27 bits per heavy atom. The van der Waals surface area contributed by atoms with E-state index < -0.39 is 5.54 Å². The Morgan fingerprint density at radius 2 is 1.87 bits per heavy atom. The minimum absolute atomic E-state index is 0.00361. The third-order valence-corrected chi connectivity index (χ3v) is 2.32. The highest BCUT2D eigenvalue weighted by atomic mass is 16.2. The Kier molecular flexibility index (Phi) is 5.24. The molecular formula is C11H24N2O2. The Morgan fingerprint density at radius 1 is 1.33 bits per heavy atom. The van der Waals surface area contributed by atoms with Crippen LogP contribution in [0.3, 0.4) is 0 Å². The van der Waals surface area contributed by atoms with E-state index in [-0.39, 0.29) is 17.9 Å². The quantitative estimate of drug-likeness (QED) is 0.610. The number of carbonyl (C=O) groups is 1. The standard InChI is InChI=1S/C11H24N2O2/c1-10(2,6-5-7-14)8-13-9(15)11(3,4)12/h14H,5-8,12H2,1-4H3,(H,13,15). The van der Waals surface area contributed by atoms with Gasteiger partial charge in [0.25, 0.3) is 0 Å². The molecular weight excluding hydrogens is 192 g/mol. The summed E-state index contributed by atoms with van der Waals surface area (Å²) in [5.41, 5.74) is 4.83. The molecule has 0 unspecified atom stereocenters. The number of nitrogens with one attached hydrogen (secondary N) is 1. The van der Waals surface area contributed by atoms with Gasteiger partial charge in [-0.25, -0.2) is 0 Å². The highest BCUT2D eigenvalue weighted by molar-refractivity contribution is 5.85. The van der Waals surface area contributed by atoms with Gasteiger partial charge in [-0.2, -0.15) is 0 Å². The van der Waals surface area contributed by atoms with E-state index in [2.05, 4.69) is 19.2 Å². The van der Waals surface area contributed by atoms with Gasteiger partial charge in [0.1, 0.15) is 0 Å². The van der Waals surface area contributed by atoms with Gasteiger partial charge >= 0.3 is 0 Å². The highest BCUT2D eigenvalue weighted by Gasteiger charge is 2.24. The van der Waals surface area contributed by atoms with E-state index in [9.17, 15) is 4.79 Å². The third-order valence-electron chi connectivity index (χ3n) is 2.32. The predicted octanol–water partition coefficient (Wildman–Crippen LogP) is 0.639. The summed E-state index contributed by atoms with van der Waals surface area (Å²) in [6.07, 6.45) is 1.64. The first-order valence-electron chi connectivity index (χ1n) is 5.37. The predicted molar refractivity (Wildman–Crippen MR) is 61.4 cm³/mol. The SMILES string of the molecule is CC(C)(CCCO)CNC(=O)C(C)(C)N. The van der Waals surface area contributed by atoms with Crippen molar-refractivity contribution >= 4 is 5.91 Å². The van der Waals surface area contributed by atoms with Gasteiger partial charge in [0.15, 0.2) is 0 Å². The fraction of sp³-hybridized carbons (Fsp3) is 0.909. The Labute approximate surface area is 92.2 Å². The minimum Gasteiger partial charge on any atom is -0.396 e. The fourth-order valence-corrected chi connectivity index (χ4v) is 1.19. The second-order valence-electron chi connectivity index (χ2n) is 5.40. The van der Waals surface area contributed by atoms with Crippen LogP contribution in [0.4, 0.5) is 0 Å². The summed E-state index contributed by atoms with van der Waals surface area (Å²) in [5, 5.41) is 11.6. The number of amides is 1. The number of aliphatic hydroxyl groups is 1. The van der Waals surface area contributed by atoms with Crippen LogP contribution in [0.15, 0.2) is 0 Å². The molecule has 0 aromatic carbocycles. The first-order chi connectivity index (χ1) is 6.69. The van der Waals surface area contributed by atoms with E-state index in [0.717, 1.165) is 12.8 Å². The first-order valence-corrected chi connectivity index (χ1v) is 5.37. The van der Waals surface area contributed by atoms with Crippen LogP contribution in [0.1, 0.15) is 40.5 Å². The van der Waals surface area contributed by atoms with Crippen LogP contribution < -0.4 is 11.1 Å². The zero-order valence-corrected chi connectivity index (χ0v) is 10.3. The average molecular weight is 216 g/mol. The van der Waals surface area contributed by atoms with Gasteiger partial charge in [-0.3, -0.25) is 4.79 Å². The van der Waals surface area contributed by atoms with Crippen LogP contribution in [-0.2, 0) is 4.79 Å². The summed E-state index contributed by atoms with van der Waals surface area (Å²) in [6, 6.07) is 0. The normalized spacial score (nSPS) is 12.7. The molecule has 0 aromatic heterocycles. The van der Waals surface area contributed by atoms with Crippen LogP contribution in [0.5, 0.6) is 0 Å². The molecule has 0 aliphatic carbocycles. The second kappa shape index (κ2) is 5.47. The Hall–Kier alpha value is -0.610. The van der Waals surface area contributed by atoms with Gasteiger partial charge < -0.3 is 16.2 Å². The maximum atomic E-state index is 11.5. The van der Waals surface area contributed by atoms with Crippen molar-refractivity contribution in [1.82, 2.24) is 5.32 Å². The molecule has 15 heavy (non-hydrogen) atoms. The van der Waals surface area contributed by atoms with E-state index in [4.69, 9.17) is 10.8 Å². The van der Waals surface area contributed by atoms with Crippen LogP contribution >= 0.6 is 0 Å². The molecule has 0 saturated carbocycles. The summed E-state index contributed by atoms with van der Waals surface area (Å²) < 4.78 is 0. The molecule has 4 heteroatoms. The summed E-state index contributed by atoms with van der Waals surface area (Å²) in [7, 11) is 0. The topological polar surface area (TPSA) is 75.3 Å². The van der Waals surface area contributed by atoms with Crippen molar-refractivity contribution in [3.63, 3.8) is 0 Å². The number of rotatable bonds is 6. The lowest BCUT2D eigenvalue weighted by molar-refractivity contribution is -0.125. The van der Waals surface area contributed by atoms with E-state index >= 15 is 0 Å². The molecule has 0 fully saturated rings. The lowest BCUT2D eigenvalue weighted by atomic mass is 9.87. The summed E-state index contributed by atoms with van der Waals surface area (Å²) in [5.74, 6) is -0.139. The number of hydrogen-bond acceptors (Lipinski definition) is 3. The number of carbonyl (C=O) groups excluding carboxylic acids is 1. The maximum Gasteiger partial charge on any atom is 0.239 e. The Balaban J connectivity index is 3.98. The van der Waals surface area contributed by atoms with Crippen LogP contribution in [0.2, 0.25) is 0 Å². The van der Waals surface area contributed by atoms with Crippen molar-refractivity contribution in [3.8, 4) is 0 Å². The van der Waals surface area contributed by atoms with Crippen molar-refractivity contribution in [2.24, 2.45) is 11.1 Å². The summed E-state index contributed by atoms with van der Waals surface area (Å²) in [4.78, 5) is 11.5. The van der Waals surface area contributed by atoms with Crippen LogP contribution in [0.25, 0.3) is 0 Å². The lowest BCUT2D eigenvalue weighted by Gasteiger charge is -2.27. The summed E-state index contributed by atoms with van der Waals surface area (Å²) >= 11 is 0. The maximum absolute atomic E-state index is 11.5. The van der Waals surface area contributed by atoms with Gasteiger partial charge in [-0.15, -0.1) is 0 Å². The molecule has 0 heterocycles. The van der Waals surface area contributed by atoms with Crippen molar-refractivity contribution in [3.05, 3.63) is 0 Å². The van der Waals surface area contributed by atoms with E-state index in [0.29, 0.717) is 6.54 Å². The zero-order chi connectivity index (χ0) is 12.1. The van der Waals surface area contributed by atoms with Crippen molar-refractivity contribution in [1.29, 1.82) is 0 Å². The monoisotopic (exact) mass is 216 g/mol. The Bertz CT molecular complexity index is 207. The molecule has 0 rings (SSSR count). The molecule has 1 amide bonds. The number of nitrogens with two attached hydrogens (primary N) is 1. The van der Waals surface area contributed by atoms with Gasteiger partial charge in [0.05, 0.1) is 5.54 Å². The summed E-state index contributed by atoms with van der Waals surface area (Å²) in [6.45, 7) is 8.28. The molecule has 4 nitrogen and oxygen atoms in total. The van der Waals surface area contributed by atoms with Crippen molar-refractivity contribution in [2.75, 3.05) is 13.2 Å². The smallest absolute Gasteiger partial charge is 0.239 e. The minimum atomic E-state index is -0.826. The highest BCUT2D eigenvalue weighted by Crippen LogP contribution is 2.20. The molecule has 0 aromatic rings. The van der Waals surface area contributed by atoms with Crippen LogP contribution in [0, 0.1) is 5.41 Å². The fourth-order valence-electron chi connectivity index (χ4n) is 1.19. The average Bonchev–Trinajstić information content (AvgIpc) is 2.09. The molecule has 0 aliphatic rings. The van der Waals surface area contributed by atoms with E-state index in [1.54, 1.807) is 13.8 Å². The molecule has 0 radical (unpaired) electrons. The molecule has 0 atom stereocenters. The molecule has 4 N–H and O–H groups in total. The molecule has 0 saturated heterocycles. The van der Waals surface area contributed by atoms with E-state index in [1.807, 2.05) is 0 Å². The number of aliphatic hydroxyl groups excluding tert-OH is 1. The zero-order valence-electron chi connectivity index (χ0n) is 10.3. The van der Waals surface area contributed by atoms with Gasteiger partial charge in [0, 0.05) is 13.2 Å². The first kappa shape index (κ1) is 14.4. The van der Waals surface area contributed by atoms with E-state index in [1.165, 1.54) is 0 Å². The molecule has 0 bridgehead atoms. The lowest BCUT2D eigenvalue weighted by Crippen LogP contribution is -2.51. The molecule has 90 valence electrons. The van der Waals surface area contributed by atoms with Crippen LogP contribution in [-0.4, -0.2) is 29.7 Å². The van der Waals surface area contributed by atoms with Crippen molar-refractivity contribution < 1.29 is 9.90 Å². The molecule has 0 spiro atoms. The largest absolute Gasteiger partial charge is 0.396 e. The second-order valence-corrected chi connectivity index (χ2v) is 5.40. The van der Waals surface area contributed by atoms with Crippen molar-refractivity contribution in [2.45, 2.75) is 46.1 Å². The molecule has 0 aliphatic heterocycles. The van der Waals surface area contributed by atoms with Gasteiger partial charge in [0.2, 0.25) is 5.91 Å². The number of hydrogen-bond donors (Lipinski definition) is 3. The van der Waals surface area contributed by atoms with Gasteiger partial charge in [-0.1, -0.05) is 13.8 Å². The van der Waals surface area contributed by atoms with Gasteiger partial charge in [-0.05, 0) is 32.1 Å². The third kappa shape index (κ3) is 6.47.